The Morgan fingerprint density at radius 3 is 1.80 bits per heavy atom. The number of ether oxygens (including phenoxy) is 1. The van der Waals surface area contributed by atoms with Crippen LogP contribution in [0.15, 0.2) is 95.2 Å². The zero-order valence-electron chi connectivity index (χ0n) is 43.4. The molecule has 41 heteroatoms. The van der Waals surface area contributed by atoms with Crippen molar-refractivity contribution in [3.63, 3.8) is 0 Å². The Morgan fingerprint density at radius 1 is 0.662 bits per heavy atom. The van der Waals surface area contributed by atoms with Crippen LogP contribution in [0.5, 0.6) is 0 Å². The second-order valence-corrected chi connectivity index (χ2v) is 28.0. The molecule has 0 bridgehead atoms. The Kier molecular flexibility index (Phi) is 25.7. The molecule has 7 rings (SSSR count). The van der Waals surface area contributed by atoms with E-state index in [1.165, 1.54) is 31.4 Å². The monoisotopic (exact) mass is 1290 g/mol. The van der Waals surface area contributed by atoms with Crippen LogP contribution in [-0.4, -0.2) is 112 Å². The summed E-state index contributed by atoms with van der Waals surface area (Å²) in [5.41, 5.74) is 13.4. The molecule has 80 heavy (non-hydrogen) atoms. The molecule has 7 N–H and O–H groups in total. The molecule has 0 radical (unpaired) electrons. The maximum atomic E-state index is 13.2. The average Bonchev–Trinajstić information content (AvgIpc) is 4.09. The van der Waals surface area contributed by atoms with E-state index < -0.39 is 71.7 Å². The summed E-state index contributed by atoms with van der Waals surface area (Å²) in [5.74, 6) is 0.168. The molecule has 33 nitrogen and oxygen atoms in total. The maximum Gasteiger partial charge on any atom is 0.492 e. The van der Waals surface area contributed by atoms with Gasteiger partial charge in [-0.05, 0) is 35.0 Å². The number of nitrogens with zero attached hydrogens (tertiary/aromatic N) is 4. The van der Waals surface area contributed by atoms with E-state index >= 15 is 0 Å². The van der Waals surface area contributed by atoms with Crippen LogP contribution in [0, 0.1) is 0 Å². The predicted octanol–water partition coefficient (Wildman–Crippen LogP) is 10.1. The molecule has 3 heterocycles. The van der Waals surface area contributed by atoms with Crippen LogP contribution in [0.2, 0.25) is 0 Å². The Labute approximate surface area is 464 Å². The van der Waals surface area contributed by atoms with Gasteiger partial charge in [0.25, 0.3) is 0 Å². The van der Waals surface area contributed by atoms with Crippen LogP contribution in [0.25, 0.3) is 32.7 Å². The number of nitrogens with one attached hydrogen (secondary N) is 1. The molecule has 2 aromatic heterocycles. The second-order valence-electron chi connectivity index (χ2n) is 15.1. The molecule has 1 aliphatic heterocycles. The van der Waals surface area contributed by atoms with Gasteiger partial charge in [-0.2, -0.15) is 12.9 Å². The number of fused-ring (bicyclic) bond motifs is 3. The first-order valence-electron chi connectivity index (χ1n) is 21.9. The number of phosphoric acid groups is 4. The quantitative estimate of drug-likeness (QED) is 0.00761. The van der Waals surface area contributed by atoms with Crippen molar-refractivity contribution in [3.8, 4) is 0 Å². The normalized spacial score (nSPS) is 20.0. The third kappa shape index (κ3) is 18.8. The Morgan fingerprint density at radius 2 is 1.23 bits per heavy atom. The fourth-order valence-electron chi connectivity index (χ4n) is 6.42. The summed E-state index contributed by atoms with van der Waals surface area (Å²) in [7, 11) is -18.9. The third-order valence-corrected chi connectivity index (χ3v) is 22.2. The lowest BCUT2D eigenvalue weighted by Crippen LogP contribution is -2.26. The van der Waals surface area contributed by atoms with Crippen molar-refractivity contribution in [1.82, 2.24) is 19.5 Å². The van der Waals surface area contributed by atoms with Crippen molar-refractivity contribution >= 4 is 121 Å². The number of aliphatic hydroxyl groups excluding tert-OH is 1. The average molecular weight is 1290 g/mol. The van der Waals surface area contributed by atoms with Crippen LogP contribution >= 0.6 is 70.7 Å². The summed E-state index contributed by atoms with van der Waals surface area (Å²) < 4.78 is 143. The number of phosphoric ester groups is 2. The Bertz CT molecular complexity index is 3320. The van der Waals surface area contributed by atoms with Gasteiger partial charge in [0.1, 0.15) is 24.2 Å². The van der Waals surface area contributed by atoms with Crippen molar-refractivity contribution in [1.29, 1.82) is 0 Å². The summed E-state index contributed by atoms with van der Waals surface area (Å²) in [6.07, 6.45) is -0.111. The van der Waals surface area contributed by atoms with E-state index in [0.29, 0.717) is 32.5 Å². The highest BCUT2D eigenvalue weighted by molar-refractivity contribution is 7.95. The van der Waals surface area contributed by atoms with Crippen molar-refractivity contribution in [2.75, 3.05) is 86.7 Å². The molecule has 0 saturated carbocycles. The topological polar surface area (TPSA) is 417 Å². The number of aliphatic hydroxyl groups is 1. The maximum absolute atomic E-state index is 13.2. The van der Waals surface area contributed by atoms with Gasteiger partial charge < -0.3 is 30.7 Å². The van der Waals surface area contributed by atoms with Gasteiger partial charge in [0, 0.05) is 82.0 Å². The SMILES string of the molecule is COOOSc1cccc2c(N)cccc12.COOOSc1cccc2c(NP(=O)(OC)OP(=O)(OC)OP(C)(=O)OC)cccc12.COP(=O)(O)OP(=O)(OC)OP(=O)(OC)OC[C@H]1O[C@@H](n2cnc3c(N)ncnc32)C[C@H]1O. The Hall–Kier alpha value is -3.37. The van der Waals surface area contributed by atoms with E-state index in [2.05, 4.69) is 66.6 Å². The summed E-state index contributed by atoms with van der Waals surface area (Å²) in [4.78, 5) is 31.7. The zero-order chi connectivity index (χ0) is 58.9. The first kappa shape index (κ1) is 67.4. The number of hydrogen-bond donors (Lipinski definition) is 5. The highest BCUT2D eigenvalue weighted by Crippen LogP contribution is 2.72. The predicted molar refractivity (Wildman–Crippen MR) is 286 cm³/mol. The molecule has 1 saturated heterocycles. The molecule has 6 unspecified atom stereocenters. The van der Waals surface area contributed by atoms with Crippen molar-refractivity contribution in [2.24, 2.45) is 0 Å². The van der Waals surface area contributed by atoms with E-state index in [1.807, 2.05) is 36.4 Å². The van der Waals surface area contributed by atoms with Crippen LogP contribution in [-0.2, 0) is 110 Å². The van der Waals surface area contributed by atoms with Crippen molar-refractivity contribution in [3.05, 3.63) is 85.5 Å². The van der Waals surface area contributed by atoms with Gasteiger partial charge in [0.2, 0.25) is 0 Å². The van der Waals surface area contributed by atoms with Gasteiger partial charge >= 0.3 is 46.6 Å². The van der Waals surface area contributed by atoms with E-state index in [9.17, 15) is 37.4 Å². The van der Waals surface area contributed by atoms with Crippen molar-refractivity contribution in [2.45, 2.75) is 34.6 Å². The number of nitrogens with two attached hydrogens (primary N) is 2. The van der Waals surface area contributed by atoms with E-state index in [-0.39, 0.29) is 12.2 Å². The molecular weight excluding hydrogens is 1230 g/mol. The van der Waals surface area contributed by atoms with Crippen molar-refractivity contribution < 1.29 is 120 Å². The number of anilines is 3. The largest absolute Gasteiger partial charge is 0.492 e. The molecule has 4 aromatic carbocycles. The zero-order valence-corrected chi connectivity index (χ0v) is 50.4. The fourth-order valence-corrected chi connectivity index (χ4v) is 16.3. The van der Waals surface area contributed by atoms with E-state index in [0.717, 1.165) is 94.8 Å². The number of hydrogen-bond acceptors (Lipinski definition) is 32. The van der Waals surface area contributed by atoms with Gasteiger partial charge in [0.05, 0.1) is 63.0 Å². The number of rotatable bonds is 28. The van der Waals surface area contributed by atoms with Gasteiger partial charge in [-0.3, -0.25) is 41.4 Å². The molecule has 6 aromatic rings. The fraction of sp³-hybridized carbons (Fsp3) is 0.359. The molecule has 0 amide bonds. The number of nitrogen functional groups attached to an aromatic ring is 2. The van der Waals surface area contributed by atoms with E-state index in [1.54, 1.807) is 36.4 Å². The van der Waals surface area contributed by atoms with Crippen LogP contribution in [0.1, 0.15) is 12.6 Å². The third-order valence-electron chi connectivity index (χ3n) is 10.1. The first-order chi connectivity index (χ1) is 37.9. The molecular formula is C39H55N7O26P6S2. The van der Waals surface area contributed by atoms with Gasteiger partial charge in [-0.1, -0.05) is 58.6 Å². The van der Waals surface area contributed by atoms with Gasteiger partial charge in [-0.15, -0.1) is 8.67 Å². The standard InChI is InChI=1S/C15H22NO11P3S.C13H22N5O12P3.C11H11NO3S/c1-20-24-25-31-15-11-7-8-12-13(15)9-6-10-14(12)16-29(18,22-3)27-30(19,23-4)26-28(5,17)21-2;1-24-31(20,21)29-33(23,26-3)30-32(22,25-2)27-5-9-8(19)4-10(28-9)18-7-17-11-12(14)15-6-16-13(11)18;1-13-14-15-16-11-7-3-4-8-9(11)5-2-6-10(8)12/h6-11H,1-5H3,(H,16,18);6-10,19H,4-5H2,1-3H3,(H,20,21)(H2,14,15,16);2-7H,12H2,1H3/t;8-,9-,10-,32?,33?;/m.1./s1. The molecule has 0 spiro atoms. The smallest absolute Gasteiger partial charge is 0.398 e. The number of imidazole rings is 1. The lowest BCUT2D eigenvalue weighted by atomic mass is 10.1. The van der Waals surface area contributed by atoms with Gasteiger partial charge in [-0.25, -0.2) is 51.9 Å². The molecule has 444 valence electrons. The molecule has 9 atom stereocenters. The molecule has 1 fully saturated rings. The van der Waals surface area contributed by atoms with Gasteiger partial charge in [0.15, 0.2) is 11.5 Å². The first-order valence-corrected chi connectivity index (χ1v) is 32.8. The minimum Gasteiger partial charge on any atom is -0.398 e. The van der Waals surface area contributed by atoms with Crippen LogP contribution < -0.4 is 16.6 Å². The molecule has 0 aliphatic carbocycles. The number of aromatic nitrogens is 4. The summed E-state index contributed by atoms with van der Waals surface area (Å²) in [5, 5.41) is 25.0. The van der Waals surface area contributed by atoms with Crippen LogP contribution in [0.3, 0.4) is 0 Å². The second kappa shape index (κ2) is 30.4. The highest BCUT2D eigenvalue weighted by atomic mass is 32.2. The lowest BCUT2D eigenvalue weighted by molar-refractivity contribution is -0.447. The van der Waals surface area contributed by atoms with Crippen LogP contribution in [0.4, 0.5) is 17.2 Å². The molecule has 1 aliphatic rings. The summed E-state index contributed by atoms with van der Waals surface area (Å²) in [6.45, 7) is 0.490. The summed E-state index contributed by atoms with van der Waals surface area (Å²) >= 11 is 1.97. The minimum atomic E-state index is -4.93. The lowest BCUT2D eigenvalue weighted by Gasteiger charge is -2.24. The number of benzene rings is 4. The Balaban J connectivity index is 0.000000233. The summed E-state index contributed by atoms with van der Waals surface area (Å²) in [6, 6.07) is 21.8. The minimum absolute atomic E-state index is 0.0861. The van der Waals surface area contributed by atoms with E-state index in [4.69, 9.17) is 47.1 Å². The highest BCUT2D eigenvalue weighted by Gasteiger charge is 2.47.